The van der Waals surface area contributed by atoms with Crippen molar-refractivity contribution in [3.8, 4) is 6.07 Å². The minimum absolute atomic E-state index is 0.0655. The molecule has 0 aliphatic carbocycles. The molecule has 23 heavy (non-hydrogen) atoms. The molecule has 1 amide bonds. The van der Waals surface area contributed by atoms with Crippen LogP contribution in [-0.2, 0) is 19.4 Å². The number of aryl methyl sites for hydroxylation is 1. The fourth-order valence-electron chi connectivity index (χ4n) is 2.91. The van der Waals surface area contributed by atoms with Gasteiger partial charge in [0.1, 0.15) is 5.82 Å². The van der Waals surface area contributed by atoms with Gasteiger partial charge in [0.05, 0.1) is 6.07 Å². The van der Waals surface area contributed by atoms with Crippen molar-refractivity contribution in [2.45, 2.75) is 25.8 Å². The molecule has 4 heteroatoms. The first-order valence-electron chi connectivity index (χ1n) is 7.70. The quantitative estimate of drug-likeness (QED) is 0.871. The van der Waals surface area contributed by atoms with E-state index in [0.717, 1.165) is 18.4 Å². The number of halogens is 1. The van der Waals surface area contributed by atoms with E-state index in [1.54, 1.807) is 4.90 Å². The highest BCUT2D eigenvalue weighted by Gasteiger charge is 2.21. The predicted molar refractivity (Wildman–Crippen MR) is 85.2 cm³/mol. The van der Waals surface area contributed by atoms with Gasteiger partial charge in [-0.25, -0.2) is 4.39 Å². The summed E-state index contributed by atoms with van der Waals surface area (Å²) in [7, 11) is 0. The lowest BCUT2D eigenvalue weighted by Gasteiger charge is -2.29. The Morgan fingerprint density at radius 3 is 2.70 bits per heavy atom. The van der Waals surface area contributed by atoms with E-state index in [9.17, 15) is 9.18 Å². The second kappa shape index (κ2) is 6.62. The summed E-state index contributed by atoms with van der Waals surface area (Å²) < 4.78 is 13.0. The van der Waals surface area contributed by atoms with Crippen LogP contribution in [0.25, 0.3) is 0 Å². The molecule has 0 fully saturated rings. The summed E-state index contributed by atoms with van der Waals surface area (Å²) in [6, 6.07) is 14.1. The first-order valence-corrected chi connectivity index (χ1v) is 7.70. The molecule has 1 aliphatic rings. The Morgan fingerprint density at radius 1 is 1.17 bits per heavy atom. The number of carbonyl (C=O) groups is 1. The molecule has 0 unspecified atom stereocenters. The highest BCUT2D eigenvalue weighted by molar-refractivity contribution is 5.94. The summed E-state index contributed by atoms with van der Waals surface area (Å²) >= 11 is 0. The van der Waals surface area contributed by atoms with Gasteiger partial charge in [0.2, 0.25) is 0 Å². The van der Waals surface area contributed by atoms with Crippen molar-refractivity contribution in [3.63, 3.8) is 0 Å². The Kier molecular flexibility index (Phi) is 4.38. The van der Waals surface area contributed by atoms with Gasteiger partial charge in [-0.05, 0) is 53.8 Å². The molecule has 1 aliphatic heterocycles. The minimum Gasteiger partial charge on any atom is -0.334 e. The molecule has 0 spiro atoms. The second-order valence-corrected chi connectivity index (χ2v) is 5.74. The van der Waals surface area contributed by atoms with Crippen LogP contribution in [0.1, 0.15) is 33.5 Å². The number of carbonyl (C=O) groups excluding carboxylic acids is 1. The molecule has 0 aromatic heterocycles. The Bertz CT molecular complexity index is 762. The van der Waals surface area contributed by atoms with Crippen LogP contribution >= 0.6 is 0 Å². The molecule has 0 N–H and O–H groups in total. The second-order valence-electron chi connectivity index (χ2n) is 5.74. The van der Waals surface area contributed by atoms with E-state index < -0.39 is 0 Å². The molecule has 0 bridgehead atoms. The summed E-state index contributed by atoms with van der Waals surface area (Å²) in [5.41, 5.74) is 4.08. The Morgan fingerprint density at radius 2 is 1.96 bits per heavy atom. The largest absolute Gasteiger partial charge is 0.334 e. The molecular weight excluding hydrogens is 291 g/mol. The molecule has 3 nitrogen and oxygen atoms in total. The van der Waals surface area contributed by atoms with Crippen molar-refractivity contribution >= 4 is 5.91 Å². The zero-order valence-corrected chi connectivity index (χ0v) is 12.8. The average molecular weight is 308 g/mol. The van der Waals surface area contributed by atoms with E-state index >= 15 is 0 Å². The van der Waals surface area contributed by atoms with E-state index in [1.165, 1.54) is 35.4 Å². The Hall–Kier alpha value is -2.67. The van der Waals surface area contributed by atoms with E-state index in [1.807, 2.05) is 12.1 Å². The normalized spacial score (nSPS) is 13.3. The van der Waals surface area contributed by atoms with Gasteiger partial charge in [-0.1, -0.05) is 18.2 Å². The van der Waals surface area contributed by atoms with Gasteiger partial charge in [0.25, 0.3) is 5.91 Å². The van der Waals surface area contributed by atoms with Crippen LogP contribution in [0.5, 0.6) is 0 Å². The molecule has 2 aromatic carbocycles. The van der Waals surface area contributed by atoms with Crippen molar-refractivity contribution in [1.82, 2.24) is 4.90 Å². The first-order chi connectivity index (χ1) is 11.2. The van der Waals surface area contributed by atoms with Gasteiger partial charge in [-0.3, -0.25) is 4.79 Å². The van der Waals surface area contributed by atoms with E-state index in [4.69, 9.17) is 5.26 Å². The SMILES string of the molecule is N#CCCc1ccc2c(c1)CCN(C(=O)c1ccc(F)cc1)C2. The Balaban J connectivity index is 1.74. The van der Waals surface area contributed by atoms with E-state index in [2.05, 4.69) is 12.1 Å². The van der Waals surface area contributed by atoms with Gasteiger partial charge in [0, 0.05) is 25.1 Å². The van der Waals surface area contributed by atoms with Crippen molar-refractivity contribution in [3.05, 3.63) is 70.5 Å². The van der Waals surface area contributed by atoms with Crippen LogP contribution in [0.15, 0.2) is 42.5 Å². The monoisotopic (exact) mass is 308 g/mol. The molecule has 1 heterocycles. The number of hydrogen-bond donors (Lipinski definition) is 0. The number of fused-ring (bicyclic) bond motifs is 1. The van der Waals surface area contributed by atoms with E-state index in [-0.39, 0.29) is 11.7 Å². The van der Waals surface area contributed by atoms with Gasteiger partial charge >= 0.3 is 0 Å². The van der Waals surface area contributed by atoms with Crippen molar-refractivity contribution in [1.29, 1.82) is 5.26 Å². The van der Waals surface area contributed by atoms with Crippen molar-refractivity contribution < 1.29 is 9.18 Å². The molecule has 3 rings (SSSR count). The predicted octanol–water partition coefficient (Wildman–Crippen LogP) is 3.48. The van der Waals surface area contributed by atoms with Crippen LogP contribution in [0.3, 0.4) is 0 Å². The van der Waals surface area contributed by atoms with Crippen LogP contribution < -0.4 is 0 Å². The van der Waals surface area contributed by atoms with Gasteiger partial charge in [0.15, 0.2) is 0 Å². The maximum Gasteiger partial charge on any atom is 0.254 e. The summed E-state index contributed by atoms with van der Waals surface area (Å²) in [4.78, 5) is 14.3. The number of rotatable bonds is 3. The third kappa shape index (κ3) is 3.40. The average Bonchev–Trinajstić information content (AvgIpc) is 2.59. The van der Waals surface area contributed by atoms with Crippen LogP contribution in [0.4, 0.5) is 4.39 Å². The van der Waals surface area contributed by atoms with Gasteiger partial charge in [-0.2, -0.15) is 5.26 Å². The maximum atomic E-state index is 13.0. The molecule has 0 atom stereocenters. The van der Waals surface area contributed by atoms with Gasteiger partial charge in [-0.15, -0.1) is 0 Å². The maximum absolute atomic E-state index is 13.0. The summed E-state index contributed by atoms with van der Waals surface area (Å²) in [5, 5.41) is 8.67. The third-order valence-electron chi connectivity index (χ3n) is 4.19. The zero-order valence-electron chi connectivity index (χ0n) is 12.8. The lowest BCUT2D eigenvalue weighted by molar-refractivity contribution is 0.0734. The number of nitrogens with zero attached hydrogens (tertiary/aromatic N) is 2. The summed E-state index contributed by atoms with van der Waals surface area (Å²) in [5.74, 6) is -0.403. The smallest absolute Gasteiger partial charge is 0.254 e. The van der Waals surface area contributed by atoms with E-state index in [0.29, 0.717) is 25.1 Å². The van der Waals surface area contributed by atoms with Crippen LogP contribution in [-0.4, -0.2) is 17.4 Å². The molecule has 0 radical (unpaired) electrons. The van der Waals surface area contributed by atoms with Crippen molar-refractivity contribution in [2.75, 3.05) is 6.54 Å². The molecule has 0 saturated carbocycles. The highest BCUT2D eigenvalue weighted by atomic mass is 19.1. The standard InChI is InChI=1S/C19H17FN2O/c20-18-7-5-15(6-8-18)19(23)22-11-9-16-12-14(2-1-10-21)3-4-17(16)13-22/h3-8,12H,1-2,9,11,13H2. The summed E-state index contributed by atoms with van der Waals surface area (Å²) in [6.45, 7) is 1.23. The fraction of sp³-hybridized carbons (Fsp3) is 0.263. The zero-order chi connectivity index (χ0) is 16.2. The number of nitriles is 1. The van der Waals surface area contributed by atoms with Gasteiger partial charge < -0.3 is 4.90 Å². The van der Waals surface area contributed by atoms with Crippen molar-refractivity contribution in [2.24, 2.45) is 0 Å². The van der Waals surface area contributed by atoms with Crippen LogP contribution in [0, 0.1) is 17.1 Å². The topological polar surface area (TPSA) is 44.1 Å². The number of hydrogen-bond acceptors (Lipinski definition) is 2. The molecular formula is C19H17FN2O. The molecule has 116 valence electrons. The van der Waals surface area contributed by atoms with Crippen LogP contribution in [0.2, 0.25) is 0 Å². The minimum atomic E-state index is -0.338. The lowest BCUT2D eigenvalue weighted by atomic mass is 9.95. The third-order valence-corrected chi connectivity index (χ3v) is 4.19. The Labute approximate surface area is 135 Å². The lowest BCUT2D eigenvalue weighted by Crippen LogP contribution is -2.36. The number of benzene rings is 2. The highest BCUT2D eigenvalue weighted by Crippen LogP contribution is 2.22. The number of amides is 1. The first kappa shape index (κ1) is 15.2. The molecule has 2 aromatic rings. The summed E-state index contributed by atoms with van der Waals surface area (Å²) in [6.07, 6.45) is 2.10. The molecule has 0 saturated heterocycles. The fourth-order valence-corrected chi connectivity index (χ4v) is 2.91.